The summed E-state index contributed by atoms with van der Waals surface area (Å²) < 4.78 is 19.3. The summed E-state index contributed by atoms with van der Waals surface area (Å²) in [4.78, 5) is 26.5. The number of nitrogens with one attached hydrogen (secondary N) is 1. The first-order valence-electron chi connectivity index (χ1n) is 9.70. The van der Waals surface area contributed by atoms with Crippen LogP contribution in [0, 0.1) is 5.82 Å². The molecule has 0 spiro atoms. The maximum absolute atomic E-state index is 13.4. The molecule has 0 bridgehead atoms. The van der Waals surface area contributed by atoms with Crippen LogP contribution in [0.3, 0.4) is 0 Å². The quantitative estimate of drug-likeness (QED) is 0.833. The number of nitrogens with zero attached hydrogens (tertiary/aromatic N) is 1. The molecule has 2 amide bonds. The minimum absolute atomic E-state index is 0.0476. The average Bonchev–Trinajstić information content (AvgIpc) is 3.39. The van der Waals surface area contributed by atoms with Crippen LogP contribution >= 0.6 is 0 Å². The number of likely N-dealkylation sites (tertiary alicyclic amines) is 1. The van der Waals surface area contributed by atoms with E-state index in [4.69, 9.17) is 4.74 Å². The van der Waals surface area contributed by atoms with Crippen LogP contribution in [0.2, 0.25) is 0 Å². The molecule has 28 heavy (non-hydrogen) atoms. The van der Waals surface area contributed by atoms with E-state index in [1.807, 2.05) is 0 Å². The average molecular weight is 382 g/mol. The van der Waals surface area contributed by atoms with E-state index in [1.165, 1.54) is 12.1 Å². The van der Waals surface area contributed by atoms with Crippen LogP contribution in [-0.2, 0) is 0 Å². The van der Waals surface area contributed by atoms with E-state index in [0.717, 1.165) is 25.7 Å². The molecule has 146 valence electrons. The van der Waals surface area contributed by atoms with E-state index in [9.17, 15) is 14.0 Å². The van der Waals surface area contributed by atoms with Crippen molar-refractivity contribution in [3.63, 3.8) is 0 Å². The predicted octanol–water partition coefficient (Wildman–Crippen LogP) is 3.40. The van der Waals surface area contributed by atoms with Crippen LogP contribution in [0.25, 0.3) is 0 Å². The van der Waals surface area contributed by atoms with Gasteiger partial charge in [-0.25, -0.2) is 4.39 Å². The summed E-state index contributed by atoms with van der Waals surface area (Å²) in [6.45, 7) is 1.01. The first-order valence-corrected chi connectivity index (χ1v) is 9.70. The Morgan fingerprint density at radius 2 is 1.86 bits per heavy atom. The van der Waals surface area contributed by atoms with Gasteiger partial charge in [0.2, 0.25) is 0 Å². The van der Waals surface area contributed by atoms with Gasteiger partial charge in [-0.15, -0.1) is 0 Å². The fraction of sp³-hybridized carbons (Fsp3) is 0.364. The number of hydrogen-bond acceptors (Lipinski definition) is 3. The highest BCUT2D eigenvalue weighted by Gasteiger charge is 2.30. The van der Waals surface area contributed by atoms with Crippen molar-refractivity contribution in [2.45, 2.75) is 37.8 Å². The Morgan fingerprint density at radius 3 is 2.57 bits per heavy atom. The molecular formula is C22H23FN2O3. The summed E-state index contributed by atoms with van der Waals surface area (Å²) in [7, 11) is 0. The number of ether oxygens (including phenoxy) is 1. The number of carbonyl (C=O) groups is 2. The van der Waals surface area contributed by atoms with E-state index in [1.54, 1.807) is 41.3 Å². The molecule has 1 N–H and O–H groups in total. The number of hydrogen-bond donors (Lipinski definition) is 1. The van der Waals surface area contributed by atoms with E-state index >= 15 is 0 Å². The molecular weight excluding hydrogens is 359 g/mol. The third-order valence-electron chi connectivity index (χ3n) is 5.18. The lowest BCUT2D eigenvalue weighted by Crippen LogP contribution is -2.39. The molecule has 1 saturated carbocycles. The fourth-order valence-electron chi connectivity index (χ4n) is 3.46. The van der Waals surface area contributed by atoms with Crippen molar-refractivity contribution in [3.8, 4) is 5.75 Å². The third-order valence-corrected chi connectivity index (χ3v) is 5.18. The first-order chi connectivity index (χ1) is 13.6. The molecule has 2 fully saturated rings. The number of amides is 2. The zero-order valence-corrected chi connectivity index (χ0v) is 15.6. The van der Waals surface area contributed by atoms with Gasteiger partial charge in [-0.05, 0) is 68.1 Å². The zero-order valence-electron chi connectivity index (χ0n) is 15.6. The Labute approximate surface area is 163 Å². The van der Waals surface area contributed by atoms with Crippen LogP contribution < -0.4 is 10.1 Å². The van der Waals surface area contributed by atoms with Gasteiger partial charge in [0.05, 0.1) is 6.04 Å². The monoisotopic (exact) mass is 382 g/mol. The van der Waals surface area contributed by atoms with Gasteiger partial charge >= 0.3 is 0 Å². The number of carbonyl (C=O) groups excluding carboxylic acids is 2. The van der Waals surface area contributed by atoms with Crippen molar-refractivity contribution in [2.75, 3.05) is 13.2 Å². The summed E-state index contributed by atoms with van der Waals surface area (Å²) in [5.41, 5.74) is 0.973. The van der Waals surface area contributed by atoms with E-state index < -0.39 is 5.82 Å². The van der Waals surface area contributed by atoms with E-state index in [0.29, 0.717) is 36.1 Å². The lowest BCUT2D eigenvalue weighted by molar-refractivity contribution is 0.0690. The summed E-state index contributed by atoms with van der Waals surface area (Å²) in [6, 6.07) is 13.1. The van der Waals surface area contributed by atoms with E-state index in [-0.39, 0.29) is 17.9 Å². The Morgan fingerprint density at radius 1 is 1.07 bits per heavy atom. The standard InChI is InChI=1S/C22H23FN2O3/c23-17-4-1-3-16(13-17)22(27)25-12-2-5-19(25)14-28-20-10-6-15(7-11-20)21(26)24-18-8-9-18/h1,3-4,6-7,10-11,13,18-19H,2,5,8-9,12,14H2,(H,24,26). The smallest absolute Gasteiger partial charge is 0.254 e. The molecule has 1 aliphatic heterocycles. The van der Waals surface area contributed by atoms with Gasteiger partial charge in [0.1, 0.15) is 18.2 Å². The molecule has 1 heterocycles. The van der Waals surface area contributed by atoms with Gasteiger partial charge in [-0.3, -0.25) is 9.59 Å². The van der Waals surface area contributed by atoms with Gasteiger partial charge in [0.15, 0.2) is 0 Å². The maximum atomic E-state index is 13.4. The molecule has 1 atom stereocenters. The van der Waals surface area contributed by atoms with Crippen LogP contribution in [0.15, 0.2) is 48.5 Å². The SMILES string of the molecule is O=C(NC1CC1)c1ccc(OCC2CCCN2C(=O)c2cccc(F)c2)cc1. The third kappa shape index (κ3) is 4.32. The Balaban J connectivity index is 1.34. The Bertz CT molecular complexity index is 864. The topological polar surface area (TPSA) is 58.6 Å². The summed E-state index contributed by atoms with van der Waals surface area (Å²) in [6.07, 6.45) is 3.86. The summed E-state index contributed by atoms with van der Waals surface area (Å²) in [5.74, 6) is 0.0195. The molecule has 0 radical (unpaired) electrons. The van der Waals surface area contributed by atoms with E-state index in [2.05, 4.69) is 5.32 Å². The molecule has 5 nitrogen and oxygen atoms in total. The fourth-order valence-corrected chi connectivity index (χ4v) is 3.46. The highest BCUT2D eigenvalue weighted by Crippen LogP contribution is 2.23. The van der Waals surface area contributed by atoms with Crippen LogP contribution in [-0.4, -0.2) is 41.9 Å². The summed E-state index contributed by atoms with van der Waals surface area (Å²) >= 11 is 0. The van der Waals surface area contributed by atoms with Crippen molar-refractivity contribution in [1.82, 2.24) is 10.2 Å². The normalized spacial score (nSPS) is 18.8. The van der Waals surface area contributed by atoms with Gasteiger partial charge < -0.3 is 15.0 Å². The predicted molar refractivity (Wildman–Crippen MR) is 103 cm³/mol. The number of halogens is 1. The van der Waals surface area contributed by atoms with Crippen molar-refractivity contribution in [2.24, 2.45) is 0 Å². The van der Waals surface area contributed by atoms with Gasteiger partial charge in [0, 0.05) is 23.7 Å². The van der Waals surface area contributed by atoms with Crippen molar-refractivity contribution in [3.05, 3.63) is 65.5 Å². The molecule has 1 unspecified atom stereocenters. The largest absolute Gasteiger partial charge is 0.491 e. The molecule has 2 aromatic rings. The van der Waals surface area contributed by atoms with Crippen molar-refractivity contribution < 1.29 is 18.7 Å². The lowest BCUT2D eigenvalue weighted by Gasteiger charge is -2.25. The zero-order chi connectivity index (χ0) is 19.5. The number of rotatable bonds is 6. The molecule has 2 aromatic carbocycles. The Kier molecular flexibility index (Phi) is 5.28. The van der Waals surface area contributed by atoms with Gasteiger partial charge in [-0.1, -0.05) is 6.07 Å². The van der Waals surface area contributed by atoms with Crippen molar-refractivity contribution in [1.29, 1.82) is 0 Å². The number of benzene rings is 2. The minimum Gasteiger partial charge on any atom is -0.491 e. The maximum Gasteiger partial charge on any atom is 0.254 e. The second-order valence-corrected chi connectivity index (χ2v) is 7.39. The first kappa shape index (κ1) is 18.5. The second-order valence-electron chi connectivity index (χ2n) is 7.39. The van der Waals surface area contributed by atoms with Crippen LogP contribution in [0.1, 0.15) is 46.4 Å². The lowest BCUT2D eigenvalue weighted by atomic mass is 10.1. The van der Waals surface area contributed by atoms with Crippen LogP contribution in [0.4, 0.5) is 4.39 Å². The minimum atomic E-state index is -0.413. The van der Waals surface area contributed by atoms with Crippen molar-refractivity contribution >= 4 is 11.8 Å². The van der Waals surface area contributed by atoms with Gasteiger partial charge in [-0.2, -0.15) is 0 Å². The molecule has 4 rings (SSSR count). The molecule has 2 aliphatic rings. The highest BCUT2D eigenvalue weighted by molar-refractivity contribution is 5.95. The van der Waals surface area contributed by atoms with Gasteiger partial charge in [0.25, 0.3) is 11.8 Å². The van der Waals surface area contributed by atoms with Crippen LogP contribution in [0.5, 0.6) is 5.75 Å². The second kappa shape index (κ2) is 8.00. The molecule has 1 aliphatic carbocycles. The molecule has 6 heteroatoms. The Hall–Kier alpha value is -2.89. The summed E-state index contributed by atoms with van der Waals surface area (Å²) in [5, 5.41) is 2.95. The molecule has 0 aromatic heterocycles. The highest BCUT2D eigenvalue weighted by atomic mass is 19.1. The molecule has 1 saturated heterocycles.